The molecule has 3 rings (SSSR count). The zero-order valence-electron chi connectivity index (χ0n) is 16.8. The second-order valence-corrected chi connectivity index (χ2v) is 6.97. The summed E-state index contributed by atoms with van der Waals surface area (Å²) in [5.74, 6) is -0.763. The van der Waals surface area contributed by atoms with Gasteiger partial charge in [0.1, 0.15) is 12.4 Å². The summed E-state index contributed by atoms with van der Waals surface area (Å²) in [5, 5.41) is 13.9. The third kappa shape index (κ3) is 6.01. The monoisotopic (exact) mass is 428 g/mol. The van der Waals surface area contributed by atoms with Crippen molar-refractivity contribution >= 4 is 11.7 Å². The highest BCUT2D eigenvalue weighted by molar-refractivity contribution is 5.68. The summed E-state index contributed by atoms with van der Waals surface area (Å²) in [6.07, 6.45) is -3.68. The fourth-order valence-corrected chi connectivity index (χ4v) is 3.16. The van der Waals surface area contributed by atoms with E-state index in [0.29, 0.717) is 24.3 Å². The van der Waals surface area contributed by atoms with Crippen LogP contribution in [0.4, 0.5) is 18.9 Å². The van der Waals surface area contributed by atoms with Gasteiger partial charge in [-0.25, -0.2) is 0 Å². The molecule has 0 fully saturated rings. The molecule has 0 aromatic heterocycles. The molecule has 31 heavy (non-hydrogen) atoms. The van der Waals surface area contributed by atoms with E-state index in [4.69, 9.17) is 4.74 Å². The van der Waals surface area contributed by atoms with Gasteiger partial charge < -0.3 is 20.0 Å². The summed E-state index contributed by atoms with van der Waals surface area (Å²) < 4.78 is 43.5. The number of aliphatic carboxylic acids is 1. The number of aryl methyl sites for hydroxylation is 1. The second-order valence-electron chi connectivity index (χ2n) is 6.97. The number of carbonyl (C=O) groups is 1. The zero-order valence-corrected chi connectivity index (χ0v) is 16.8. The average Bonchev–Trinajstić information content (AvgIpc) is 2.76. The van der Waals surface area contributed by atoms with Gasteiger partial charge in [0.2, 0.25) is 0 Å². The van der Waals surface area contributed by atoms with Crippen LogP contribution in [-0.4, -0.2) is 12.6 Å². The molecule has 3 aromatic rings. The molecule has 0 bridgehead atoms. The molecule has 0 saturated heterocycles. The van der Waals surface area contributed by atoms with Crippen LogP contribution in [0.15, 0.2) is 66.7 Å². The third-order valence-electron chi connectivity index (χ3n) is 4.76. The Kier molecular flexibility index (Phi) is 6.84. The highest BCUT2D eigenvalue weighted by Gasteiger charge is 2.29. The molecule has 3 aromatic carbocycles. The first-order chi connectivity index (χ1) is 14.8. The van der Waals surface area contributed by atoms with Crippen LogP contribution < -0.4 is 15.2 Å². The first-order valence-corrected chi connectivity index (χ1v) is 9.72. The van der Waals surface area contributed by atoms with Gasteiger partial charge in [0, 0.05) is 12.2 Å². The van der Waals surface area contributed by atoms with Crippen molar-refractivity contribution in [2.24, 2.45) is 0 Å². The first-order valence-electron chi connectivity index (χ1n) is 9.72. The first kappa shape index (κ1) is 22.2. The number of ether oxygens (including phenoxy) is 1. The summed E-state index contributed by atoms with van der Waals surface area (Å²) in [6, 6.07) is 18.0. The van der Waals surface area contributed by atoms with E-state index in [1.165, 1.54) is 12.1 Å². The van der Waals surface area contributed by atoms with Crippen LogP contribution in [0.25, 0.3) is 11.1 Å². The minimum Gasteiger partial charge on any atom is -0.546 e. The van der Waals surface area contributed by atoms with Crippen LogP contribution in [0, 0.1) is 0 Å². The van der Waals surface area contributed by atoms with Gasteiger partial charge in [0.05, 0.1) is 11.5 Å². The van der Waals surface area contributed by atoms with Gasteiger partial charge in [-0.15, -0.1) is 0 Å². The van der Waals surface area contributed by atoms with Crippen molar-refractivity contribution in [3.63, 3.8) is 0 Å². The second kappa shape index (κ2) is 9.55. The van der Waals surface area contributed by atoms with Gasteiger partial charge in [-0.05, 0) is 59.0 Å². The molecule has 0 atom stereocenters. The van der Waals surface area contributed by atoms with Gasteiger partial charge in [-0.1, -0.05) is 43.3 Å². The molecular weight excluding hydrogens is 407 g/mol. The molecule has 0 amide bonds. The molecule has 1 N–H and O–H groups in total. The number of carbonyl (C=O) groups excluding carboxylic acids is 1. The van der Waals surface area contributed by atoms with Crippen LogP contribution >= 0.6 is 0 Å². The van der Waals surface area contributed by atoms with E-state index < -0.39 is 24.3 Å². The number of hydrogen-bond donors (Lipinski definition) is 1. The van der Waals surface area contributed by atoms with Crippen molar-refractivity contribution in [2.75, 3.05) is 11.9 Å². The number of hydrogen-bond acceptors (Lipinski definition) is 4. The fraction of sp³-hybridized carbons (Fsp3) is 0.208. The van der Waals surface area contributed by atoms with Crippen molar-refractivity contribution in [1.82, 2.24) is 0 Å². The van der Waals surface area contributed by atoms with Crippen molar-refractivity contribution in [1.29, 1.82) is 0 Å². The van der Waals surface area contributed by atoms with E-state index >= 15 is 0 Å². The maximum atomic E-state index is 12.8. The summed E-state index contributed by atoms with van der Waals surface area (Å²) in [7, 11) is 0. The van der Waals surface area contributed by atoms with E-state index in [0.717, 1.165) is 34.5 Å². The maximum Gasteiger partial charge on any atom is 0.416 e. The van der Waals surface area contributed by atoms with Crippen LogP contribution in [0.2, 0.25) is 0 Å². The molecule has 0 aliphatic rings. The molecule has 0 spiro atoms. The molecule has 4 nitrogen and oxygen atoms in total. The SMILES string of the molecule is CCc1cc(CNc2cccc(-c3ccc(C(F)(F)F)cc3)c2)ccc1OCC(=O)[O-]. The molecule has 0 radical (unpaired) electrons. The lowest BCUT2D eigenvalue weighted by Crippen LogP contribution is -2.29. The Morgan fingerprint density at radius 1 is 1.00 bits per heavy atom. The largest absolute Gasteiger partial charge is 0.546 e. The number of carboxylic acid groups (broad SMARTS) is 1. The fourth-order valence-electron chi connectivity index (χ4n) is 3.16. The minimum atomic E-state index is -4.36. The van der Waals surface area contributed by atoms with Gasteiger partial charge >= 0.3 is 6.18 Å². The highest BCUT2D eigenvalue weighted by Crippen LogP contribution is 2.31. The molecule has 0 unspecified atom stereocenters. The molecule has 7 heteroatoms. The van der Waals surface area contributed by atoms with Gasteiger partial charge in [0.25, 0.3) is 0 Å². The molecule has 0 aliphatic heterocycles. The highest BCUT2D eigenvalue weighted by atomic mass is 19.4. The number of anilines is 1. The quantitative estimate of drug-likeness (QED) is 0.566. The minimum absolute atomic E-state index is 0.499. The average molecular weight is 428 g/mol. The molecule has 162 valence electrons. The van der Waals surface area contributed by atoms with Gasteiger partial charge in [0.15, 0.2) is 0 Å². The number of rotatable bonds is 8. The number of alkyl halides is 3. The van der Waals surface area contributed by atoms with E-state index in [-0.39, 0.29) is 0 Å². The summed E-state index contributed by atoms with van der Waals surface area (Å²) in [4.78, 5) is 10.6. The molecule has 0 heterocycles. The lowest BCUT2D eigenvalue weighted by molar-refractivity contribution is -0.307. The zero-order chi connectivity index (χ0) is 22.4. The normalized spacial score (nSPS) is 11.2. The van der Waals surface area contributed by atoms with Crippen LogP contribution in [0.3, 0.4) is 0 Å². The Morgan fingerprint density at radius 3 is 2.39 bits per heavy atom. The van der Waals surface area contributed by atoms with E-state index in [1.807, 2.05) is 43.3 Å². The molecule has 0 saturated carbocycles. The van der Waals surface area contributed by atoms with Crippen molar-refractivity contribution in [3.05, 3.63) is 83.4 Å². The van der Waals surface area contributed by atoms with Crippen LogP contribution in [0.5, 0.6) is 5.75 Å². The molecular formula is C24H21F3NO3-. The lowest BCUT2D eigenvalue weighted by Gasteiger charge is -2.14. The van der Waals surface area contributed by atoms with E-state index in [2.05, 4.69) is 5.32 Å². The topological polar surface area (TPSA) is 61.4 Å². The Morgan fingerprint density at radius 2 is 1.74 bits per heavy atom. The van der Waals surface area contributed by atoms with Crippen molar-refractivity contribution in [2.45, 2.75) is 26.1 Å². The standard InChI is InChI=1S/C24H22F3NO3/c1-2-17-12-16(6-11-22(17)31-15-23(29)30)14-28-21-5-3-4-19(13-21)18-7-9-20(10-8-18)24(25,26)27/h3-13,28H,2,14-15H2,1H3,(H,29,30)/p-1. The van der Waals surface area contributed by atoms with E-state index in [9.17, 15) is 23.1 Å². The lowest BCUT2D eigenvalue weighted by atomic mass is 10.0. The number of halogens is 3. The summed E-state index contributed by atoms with van der Waals surface area (Å²) >= 11 is 0. The Balaban J connectivity index is 1.69. The third-order valence-corrected chi connectivity index (χ3v) is 4.76. The van der Waals surface area contributed by atoms with E-state index in [1.54, 1.807) is 6.07 Å². The Hall–Kier alpha value is -3.48. The number of nitrogens with one attached hydrogen (secondary N) is 1. The molecule has 0 aliphatic carbocycles. The van der Waals surface area contributed by atoms with Crippen LogP contribution in [-0.2, 0) is 23.9 Å². The number of carboxylic acids is 1. The van der Waals surface area contributed by atoms with Gasteiger partial charge in [-0.2, -0.15) is 13.2 Å². The predicted octanol–water partition coefficient (Wildman–Crippen LogP) is 4.68. The summed E-state index contributed by atoms with van der Waals surface area (Å²) in [5.41, 5.74) is 3.52. The predicted molar refractivity (Wildman–Crippen MR) is 111 cm³/mol. The smallest absolute Gasteiger partial charge is 0.416 e. The Labute approximate surface area is 178 Å². The number of benzene rings is 3. The van der Waals surface area contributed by atoms with Gasteiger partial charge in [-0.3, -0.25) is 0 Å². The Bertz CT molecular complexity index is 1050. The van der Waals surface area contributed by atoms with Crippen molar-refractivity contribution in [3.8, 4) is 16.9 Å². The van der Waals surface area contributed by atoms with Crippen LogP contribution in [0.1, 0.15) is 23.6 Å². The summed E-state index contributed by atoms with van der Waals surface area (Å²) in [6.45, 7) is 1.97. The van der Waals surface area contributed by atoms with Crippen molar-refractivity contribution < 1.29 is 27.8 Å². The maximum absolute atomic E-state index is 12.8.